The van der Waals surface area contributed by atoms with E-state index in [1.807, 2.05) is 0 Å². The van der Waals surface area contributed by atoms with Gasteiger partial charge in [-0.2, -0.15) is 17.0 Å². The Morgan fingerprint density at radius 1 is 1.08 bits per heavy atom. The van der Waals surface area contributed by atoms with Crippen LogP contribution in [0.3, 0.4) is 0 Å². The quantitative estimate of drug-likeness (QED) is 0.705. The Morgan fingerprint density at radius 2 is 1.73 bits per heavy atom. The fraction of sp³-hybridized carbons (Fsp3) is 0.333. The maximum Gasteiger partial charge on any atom is 0.282 e. The highest BCUT2D eigenvalue weighted by Gasteiger charge is 2.39. The highest BCUT2D eigenvalue weighted by Crippen LogP contribution is 2.32. The molecule has 0 amide bonds. The zero-order valence-corrected chi connectivity index (χ0v) is 15.8. The van der Waals surface area contributed by atoms with E-state index >= 15 is 0 Å². The van der Waals surface area contributed by atoms with E-state index < -0.39 is 16.0 Å². The van der Waals surface area contributed by atoms with Crippen LogP contribution in [0.15, 0.2) is 42.5 Å². The maximum atomic E-state index is 14.0. The Balaban J connectivity index is 1.82. The maximum absolute atomic E-state index is 14.0. The first-order valence-corrected chi connectivity index (χ1v) is 9.97. The van der Waals surface area contributed by atoms with Crippen molar-refractivity contribution in [3.8, 4) is 0 Å². The molecule has 1 fully saturated rings. The van der Waals surface area contributed by atoms with Crippen LogP contribution in [0.25, 0.3) is 0 Å². The van der Waals surface area contributed by atoms with Gasteiger partial charge in [-0.3, -0.25) is 0 Å². The lowest BCUT2D eigenvalue weighted by Crippen LogP contribution is -2.42. The summed E-state index contributed by atoms with van der Waals surface area (Å²) in [5, 5.41) is 0.184. The van der Waals surface area contributed by atoms with Gasteiger partial charge in [0.2, 0.25) is 0 Å². The Bertz CT molecular complexity index is 866. The van der Waals surface area contributed by atoms with E-state index in [0.29, 0.717) is 5.56 Å². The van der Waals surface area contributed by atoms with Gasteiger partial charge in [0.05, 0.1) is 0 Å². The smallest absolute Gasteiger partial charge is 0.207 e. The molecule has 8 heteroatoms. The molecule has 0 aliphatic heterocycles. The molecule has 0 spiro atoms. The molecule has 0 aromatic heterocycles. The van der Waals surface area contributed by atoms with Gasteiger partial charge in [0.1, 0.15) is 11.6 Å². The molecule has 26 heavy (non-hydrogen) atoms. The molecule has 3 rings (SSSR count). The third-order valence-electron chi connectivity index (χ3n) is 4.34. The minimum absolute atomic E-state index is 0.0939. The van der Waals surface area contributed by atoms with Crippen LogP contribution in [-0.4, -0.2) is 30.1 Å². The van der Waals surface area contributed by atoms with Crippen LogP contribution in [0, 0.1) is 11.6 Å². The van der Waals surface area contributed by atoms with Gasteiger partial charge < -0.3 is 0 Å². The molecule has 140 valence electrons. The minimum atomic E-state index is -3.83. The van der Waals surface area contributed by atoms with Crippen LogP contribution in [0.1, 0.15) is 24.0 Å². The first-order valence-electron chi connectivity index (χ1n) is 8.19. The third-order valence-corrected chi connectivity index (χ3v) is 6.63. The van der Waals surface area contributed by atoms with Crippen LogP contribution in [-0.2, 0) is 23.3 Å². The Labute approximate surface area is 157 Å². The van der Waals surface area contributed by atoms with Crippen molar-refractivity contribution >= 4 is 21.8 Å². The average molecular weight is 401 g/mol. The molecule has 2 aromatic rings. The Hall–Kier alpha value is -1.54. The van der Waals surface area contributed by atoms with E-state index in [1.54, 1.807) is 12.1 Å². The molecule has 1 saturated carbocycles. The van der Waals surface area contributed by atoms with Crippen molar-refractivity contribution < 1.29 is 17.2 Å². The summed E-state index contributed by atoms with van der Waals surface area (Å²) in [6.07, 6.45) is 1.55. The van der Waals surface area contributed by atoms with Crippen molar-refractivity contribution in [2.75, 3.05) is 7.05 Å². The summed E-state index contributed by atoms with van der Waals surface area (Å²) >= 11 is 6.01. The van der Waals surface area contributed by atoms with Crippen molar-refractivity contribution in [1.29, 1.82) is 0 Å². The largest absolute Gasteiger partial charge is 0.282 e. The predicted molar refractivity (Wildman–Crippen MR) is 96.8 cm³/mol. The van der Waals surface area contributed by atoms with Gasteiger partial charge in [0.15, 0.2) is 0 Å². The molecule has 1 aliphatic carbocycles. The molecule has 0 heterocycles. The lowest BCUT2D eigenvalue weighted by atomic mass is 10.2. The van der Waals surface area contributed by atoms with Crippen molar-refractivity contribution in [3.63, 3.8) is 0 Å². The lowest BCUT2D eigenvalue weighted by molar-refractivity contribution is 0.343. The van der Waals surface area contributed by atoms with E-state index in [-0.39, 0.29) is 35.5 Å². The standard InChI is InChI=1S/C18H19ClF2N2O2S/c1-22(12-16-17(19)3-2-4-18(16)21)26(24,25)23(15-9-10-15)11-13-5-7-14(20)8-6-13/h2-8,15H,9-12H2,1H3. The summed E-state index contributed by atoms with van der Waals surface area (Å²) in [6.45, 7) is -0.0247. The average Bonchev–Trinajstić information content (AvgIpc) is 3.42. The fourth-order valence-electron chi connectivity index (χ4n) is 2.70. The zero-order valence-electron chi connectivity index (χ0n) is 14.2. The van der Waals surface area contributed by atoms with E-state index in [4.69, 9.17) is 11.6 Å². The highest BCUT2D eigenvalue weighted by atomic mass is 35.5. The van der Waals surface area contributed by atoms with Crippen LogP contribution < -0.4 is 0 Å². The number of benzene rings is 2. The summed E-state index contributed by atoms with van der Waals surface area (Å²) in [7, 11) is -2.43. The van der Waals surface area contributed by atoms with Gasteiger partial charge >= 0.3 is 0 Å². The highest BCUT2D eigenvalue weighted by molar-refractivity contribution is 7.86. The first kappa shape index (κ1) is 19.2. The molecular formula is C18H19ClF2N2O2S. The Kier molecular flexibility index (Phi) is 5.62. The molecule has 1 aliphatic rings. The van der Waals surface area contributed by atoms with Crippen molar-refractivity contribution in [2.45, 2.75) is 32.0 Å². The molecular weight excluding hydrogens is 382 g/mol. The topological polar surface area (TPSA) is 40.6 Å². The van der Waals surface area contributed by atoms with Crippen LogP contribution >= 0.6 is 11.6 Å². The van der Waals surface area contributed by atoms with Gasteiger partial charge in [-0.25, -0.2) is 8.78 Å². The predicted octanol–water partition coefficient (Wildman–Crippen LogP) is 3.96. The van der Waals surface area contributed by atoms with E-state index in [2.05, 4.69) is 0 Å². The zero-order chi connectivity index (χ0) is 18.9. The fourth-order valence-corrected chi connectivity index (χ4v) is 4.47. The SMILES string of the molecule is CN(Cc1c(F)cccc1Cl)S(=O)(=O)N(Cc1ccc(F)cc1)C1CC1. The minimum Gasteiger partial charge on any atom is -0.207 e. The van der Waals surface area contributed by atoms with Crippen molar-refractivity contribution in [3.05, 3.63) is 70.2 Å². The summed E-state index contributed by atoms with van der Waals surface area (Å²) in [4.78, 5) is 0. The van der Waals surface area contributed by atoms with Crippen LogP contribution in [0.5, 0.6) is 0 Å². The number of rotatable bonds is 7. The summed E-state index contributed by atoms with van der Waals surface area (Å²) in [6, 6.07) is 9.88. The number of hydrogen-bond acceptors (Lipinski definition) is 2. The van der Waals surface area contributed by atoms with Crippen molar-refractivity contribution in [2.24, 2.45) is 0 Å². The van der Waals surface area contributed by atoms with Gasteiger partial charge in [-0.15, -0.1) is 0 Å². The molecule has 0 unspecified atom stereocenters. The summed E-state index contributed by atoms with van der Waals surface area (Å²) in [5.74, 6) is -0.919. The van der Waals surface area contributed by atoms with Crippen molar-refractivity contribution in [1.82, 2.24) is 8.61 Å². The second-order valence-electron chi connectivity index (χ2n) is 6.37. The molecule has 0 N–H and O–H groups in total. The van der Waals surface area contributed by atoms with Crippen LogP contribution in [0.4, 0.5) is 8.78 Å². The number of halogens is 3. The van der Waals surface area contributed by atoms with E-state index in [9.17, 15) is 17.2 Å². The molecule has 0 bridgehead atoms. The normalized spacial score (nSPS) is 15.0. The van der Waals surface area contributed by atoms with E-state index in [1.165, 1.54) is 41.7 Å². The summed E-state index contributed by atoms with van der Waals surface area (Å²) < 4.78 is 55.6. The first-order chi connectivity index (χ1) is 12.3. The number of nitrogens with zero attached hydrogens (tertiary/aromatic N) is 2. The molecule has 0 radical (unpaired) electrons. The van der Waals surface area contributed by atoms with Gasteiger partial charge in [0, 0.05) is 36.8 Å². The lowest BCUT2D eigenvalue weighted by Gasteiger charge is -2.28. The molecule has 0 atom stereocenters. The molecule has 2 aromatic carbocycles. The summed E-state index contributed by atoms with van der Waals surface area (Å²) in [5.41, 5.74) is 0.831. The number of hydrogen-bond donors (Lipinski definition) is 0. The van der Waals surface area contributed by atoms with Crippen LogP contribution in [0.2, 0.25) is 5.02 Å². The molecule has 0 saturated heterocycles. The second-order valence-corrected chi connectivity index (χ2v) is 8.76. The Morgan fingerprint density at radius 3 is 2.31 bits per heavy atom. The van der Waals surface area contributed by atoms with Gasteiger partial charge in [-0.1, -0.05) is 29.8 Å². The van der Waals surface area contributed by atoms with E-state index in [0.717, 1.165) is 17.1 Å². The second kappa shape index (κ2) is 7.60. The van der Waals surface area contributed by atoms with Gasteiger partial charge in [0.25, 0.3) is 10.2 Å². The third kappa shape index (κ3) is 4.23. The van der Waals surface area contributed by atoms with Gasteiger partial charge in [-0.05, 0) is 42.7 Å². The monoisotopic (exact) mass is 400 g/mol. The molecule has 4 nitrogen and oxygen atoms in total.